The van der Waals surface area contributed by atoms with Crippen LogP contribution in [0.5, 0.6) is 0 Å². The lowest BCUT2D eigenvalue weighted by molar-refractivity contribution is 0.0430. The van der Waals surface area contributed by atoms with Gasteiger partial charge in [-0.3, -0.25) is 0 Å². The van der Waals surface area contributed by atoms with Crippen molar-refractivity contribution in [1.29, 1.82) is 0 Å². The maximum Gasteiger partial charge on any atom is 0.408 e. The second kappa shape index (κ2) is 14.5. The summed E-state index contributed by atoms with van der Waals surface area (Å²) < 4.78 is 16.4. The Morgan fingerprint density at radius 1 is 0.814 bits per heavy atom. The van der Waals surface area contributed by atoms with E-state index in [9.17, 15) is 24.6 Å². The summed E-state index contributed by atoms with van der Waals surface area (Å²) >= 11 is 3.40. The first-order valence-corrected chi connectivity index (χ1v) is 14.7. The van der Waals surface area contributed by atoms with Crippen molar-refractivity contribution >= 4 is 34.1 Å². The summed E-state index contributed by atoms with van der Waals surface area (Å²) in [5.74, 6) is -0.395. The summed E-state index contributed by atoms with van der Waals surface area (Å²) in [7, 11) is 0. The van der Waals surface area contributed by atoms with Gasteiger partial charge in [0.1, 0.15) is 11.2 Å². The summed E-state index contributed by atoms with van der Waals surface area (Å²) in [6, 6.07) is 9.91. The van der Waals surface area contributed by atoms with E-state index in [1.165, 1.54) is 0 Å². The molecule has 4 N–H and O–H groups in total. The molecule has 2 aliphatic carbocycles. The van der Waals surface area contributed by atoms with Gasteiger partial charge in [0, 0.05) is 17.3 Å². The molecule has 43 heavy (non-hydrogen) atoms. The van der Waals surface area contributed by atoms with Crippen LogP contribution in [0.4, 0.5) is 9.59 Å². The van der Waals surface area contributed by atoms with Crippen molar-refractivity contribution in [2.45, 2.75) is 104 Å². The fourth-order valence-electron chi connectivity index (χ4n) is 4.80. The second-order valence-corrected chi connectivity index (χ2v) is 13.2. The average molecular weight is 666 g/mol. The number of hydrogen-bond donors (Lipinski definition) is 4. The second-order valence-electron chi connectivity index (χ2n) is 12.3. The van der Waals surface area contributed by atoms with Crippen LogP contribution in [0.15, 0.2) is 40.9 Å². The lowest BCUT2D eigenvalue weighted by Crippen LogP contribution is -2.38. The van der Waals surface area contributed by atoms with E-state index >= 15 is 0 Å². The van der Waals surface area contributed by atoms with Gasteiger partial charge in [-0.15, -0.1) is 0 Å². The van der Waals surface area contributed by atoms with Crippen LogP contribution in [0.2, 0.25) is 0 Å². The molecule has 0 unspecified atom stereocenters. The van der Waals surface area contributed by atoms with Gasteiger partial charge < -0.3 is 35.1 Å². The molecule has 2 aromatic rings. The number of nitrogens with one attached hydrogen (secondary N) is 2. The number of aliphatic hydroxyl groups is 2. The number of carbonyl (C=O) groups is 3. The van der Waals surface area contributed by atoms with Crippen molar-refractivity contribution in [2.24, 2.45) is 0 Å². The van der Waals surface area contributed by atoms with Gasteiger partial charge in [-0.1, -0.05) is 35.5 Å². The molecule has 0 radical (unpaired) electrons. The number of ether oxygens (including phenoxy) is 3. The third-order valence-corrected chi connectivity index (χ3v) is 6.89. The molecule has 0 bridgehead atoms. The average Bonchev–Trinajstić information content (AvgIpc) is 3.31. The molecule has 0 fully saturated rings. The monoisotopic (exact) mass is 664 g/mol. The van der Waals surface area contributed by atoms with Crippen LogP contribution in [0.3, 0.4) is 0 Å². The first-order chi connectivity index (χ1) is 19.5. The first kappa shape index (κ1) is 36.0. The molecule has 0 aromatic heterocycles. The lowest BCUT2D eigenvalue weighted by atomic mass is 10.0. The Labute approximate surface area is 262 Å². The van der Waals surface area contributed by atoms with Crippen molar-refractivity contribution in [2.75, 3.05) is 6.61 Å². The highest BCUT2D eigenvalue weighted by Crippen LogP contribution is 2.34. The summed E-state index contributed by atoms with van der Waals surface area (Å²) in [4.78, 5) is 35.5. The van der Waals surface area contributed by atoms with E-state index in [-0.39, 0.29) is 7.43 Å². The number of fused-ring (bicyclic) bond motifs is 2. The van der Waals surface area contributed by atoms with Gasteiger partial charge in [0.2, 0.25) is 0 Å². The molecule has 2 amide bonds. The van der Waals surface area contributed by atoms with E-state index in [0.717, 1.165) is 26.7 Å². The number of alkyl carbamates (subject to hydrolysis) is 2. The molecule has 0 heterocycles. The molecule has 0 saturated heterocycles. The zero-order chi connectivity index (χ0) is 31.4. The van der Waals surface area contributed by atoms with Crippen molar-refractivity contribution in [3.8, 4) is 0 Å². The Hall–Kier alpha value is -3.15. The highest BCUT2D eigenvalue weighted by Gasteiger charge is 2.35. The van der Waals surface area contributed by atoms with E-state index in [2.05, 4.69) is 26.6 Å². The van der Waals surface area contributed by atoms with E-state index < -0.39 is 53.6 Å². The van der Waals surface area contributed by atoms with E-state index in [0.29, 0.717) is 25.0 Å². The van der Waals surface area contributed by atoms with Crippen molar-refractivity contribution in [1.82, 2.24) is 10.6 Å². The third kappa shape index (κ3) is 10.2. The van der Waals surface area contributed by atoms with Gasteiger partial charge in [-0.25, -0.2) is 14.4 Å². The molecule has 0 aliphatic heterocycles. The molecular weight excluding hydrogens is 620 g/mol. The minimum Gasteiger partial charge on any atom is -0.462 e. The normalized spacial score (nSPS) is 20.3. The number of hydrogen-bond acceptors (Lipinski definition) is 8. The Balaban J connectivity index is 0.000000298. The van der Waals surface area contributed by atoms with Gasteiger partial charge in [0.05, 0.1) is 36.5 Å². The predicted octanol–water partition coefficient (Wildman–Crippen LogP) is 5.91. The van der Waals surface area contributed by atoms with Crippen molar-refractivity contribution in [3.63, 3.8) is 0 Å². The van der Waals surface area contributed by atoms with E-state index in [4.69, 9.17) is 14.2 Å². The number of carbonyl (C=O) groups excluding carboxylic acids is 3. The number of aliphatic hydroxyl groups excluding tert-OH is 2. The number of halogens is 1. The van der Waals surface area contributed by atoms with Crippen LogP contribution in [-0.2, 0) is 27.1 Å². The fourth-order valence-corrected chi connectivity index (χ4v) is 5.21. The molecule has 11 heteroatoms. The molecule has 2 aromatic carbocycles. The summed E-state index contributed by atoms with van der Waals surface area (Å²) in [6.45, 7) is 12.8. The van der Waals surface area contributed by atoms with E-state index in [1.54, 1.807) is 45.9 Å². The maximum atomic E-state index is 11.9. The molecule has 4 rings (SSSR count). The van der Waals surface area contributed by atoms with Crippen LogP contribution in [-0.4, -0.2) is 58.4 Å². The van der Waals surface area contributed by atoms with Gasteiger partial charge >= 0.3 is 18.2 Å². The third-order valence-electron chi connectivity index (χ3n) is 6.40. The molecular formula is C32H45BrN2O8. The predicted molar refractivity (Wildman–Crippen MR) is 167 cm³/mol. The van der Waals surface area contributed by atoms with Crippen LogP contribution >= 0.6 is 15.9 Å². The van der Waals surface area contributed by atoms with Gasteiger partial charge in [-0.2, -0.15) is 0 Å². The summed E-state index contributed by atoms with van der Waals surface area (Å²) in [5.41, 5.74) is 2.89. The Bertz CT molecular complexity index is 1300. The maximum absolute atomic E-state index is 11.9. The Morgan fingerprint density at radius 2 is 1.26 bits per heavy atom. The molecule has 0 saturated carbocycles. The first-order valence-electron chi connectivity index (χ1n) is 13.9. The Kier molecular flexibility index (Phi) is 12.2. The Morgan fingerprint density at radius 3 is 1.70 bits per heavy atom. The van der Waals surface area contributed by atoms with Gasteiger partial charge in [-0.05, 0) is 95.0 Å². The zero-order valence-corrected chi connectivity index (χ0v) is 26.7. The van der Waals surface area contributed by atoms with Crippen LogP contribution in [0.25, 0.3) is 0 Å². The smallest absolute Gasteiger partial charge is 0.408 e. The largest absolute Gasteiger partial charge is 0.462 e. The number of rotatable bonds is 4. The fraction of sp³-hybridized carbons (Fsp3) is 0.531. The molecule has 10 nitrogen and oxygen atoms in total. The highest BCUT2D eigenvalue weighted by atomic mass is 79.9. The van der Waals surface area contributed by atoms with Crippen LogP contribution < -0.4 is 10.6 Å². The minimum absolute atomic E-state index is 0. The number of amides is 2. The van der Waals surface area contributed by atoms with Gasteiger partial charge in [0.15, 0.2) is 0 Å². The lowest BCUT2D eigenvalue weighted by Gasteiger charge is -2.23. The topological polar surface area (TPSA) is 143 Å². The molecule has 4 atom stereocenters. The number of benzene rings is 2. The quantitative estimate of drug-likeness (QED) is 0.233. The minimum atomic E-state index is -0.755. The molecule has 2 aliphatic rings. The van der Waals surface area contributed by atoms with E-state index in [1.807, 2.05) is 39.0 Å². The standard InChI is InChI=1S/C17H23NO5.C14H18BrNO3.CH4/c1-5-22-15(20)10-6-7-12-11(8-10)9-13(19)14(12)18-16(21)23-17(2,3)4;1-14(2,3)19-13(18)16-12-10-5-4-9(15)6-8(10)7-11(12)17;/h6-8,13-14,19H,5,9H2,1-4H3,(H,18,21);4-6,11-12,17H,7H2,1-3H3,(H,16,18);1H4/t13-,14-;11-,12-;/m11./s1. The van der Waals surface area contributed by atoms with Gasteiger partial charge in [0.25, 0.3) is 0 Å². The highest BCUT2D eigenvalue weighted by molar-refractivity contribution is 9.10. The zero-order valence-electron chi connectivity index (χ0n) is 25.1. The molecule has 238 valence electrons. The number of esters is 1. The van der Waals surface area contributed by atoms with Crippen LogP contribution in [0.1, 0.15) is 101 Å². The summed E-state index contributed by atoms with van der Waals surface area (Å²) in [5, 5.41) is 25.7. The van der Waals surface area contributed by atoms with Crippen molar-refractivity contribution < 1.29 is 38.8 Å². The molecule has 0 spiro atoms. The summed E-state index contributed by atoms with van der Waals surface area (Å²) in [6.07, 6.45) is -1.55. The van der Waals surface area contributed by atoms with Crippen LogP contribution in [0, 0.1) is 0 Å². The SMILES string of the molecule is C.CC(C)(C)OC(=O)N[C@@H]1c2ccc(Br)cc2C[C@H]1O.CCOC(=O)c1ccc2c(c1)C[C@@H](O)[C@@H]2NC(=O)OC(C)(C)C. The van der Waals surface area contributed by atoms with Crippen molar-refractivity contribution in [3.05, 3.63) is 68.7 Å².